The minimum atomic E-state index is 0.207. The second-order valence-corrected chi connectivity index (χ2v) is 6.43. The van der Waals surface area contributed by atoms with E-state index in [1.54, 1.807) is 11.3 Å². The van der Waals surface area contributed by atoms with Crippen LogP contribution in [0.1, 0.15) is 43.3 Å². The first-order valence-electron chi connectivity index (χ1n) is 6.74. The van der Waals surface area contributed by atoms with Crippen molar-refractivity contribution in [1.82, 2.24) is 9.88 Å². The van der Waals surface area contributed by atoms with Gasteiger partial charge in [0.15, 0.2) is 0 Å². The Morgan fingerprint density at radius 1 is 1.50 bits per heavy atom. The molecule has 1 saturated carbocycles. The Bertz CT molecular complexity index is 416. The SMILES string of the molecule is Cc1nc(CC(=O)N(C)[C@H]2CCCC[C@H]2C)cs1. The van der Waals surface area contributed by atoms with E-state index in [1.807, 2.05) is 24.3 Å². The first-order valence-corrected chi connectivity index (χ1v) is 7.62. The molecule has 2 rings (SSSR count). The molecule has 0 aromatic carbocycles. The summed E-state index contributed by atoms with van der Waals surface area (Å²) in [5.74, 6) is 0.837. The summed E-state index contributed by atoms with van der Waals surface area (Å²) in [6.07, 6.45) is 5.41. The predicted octanol–water partition coefficient (Wildman–Crippen LogP) is 3.03. The van der Waals surface area contributed by atoms with Crippen LogP contribution in [0, 0.1) is 12.8 Å². The quantitative estimate of drug-likeness (QED) is 0.842. The van der Waals surface area contributed by atoms with Gasteiger partial charge in [-0.05, 0) is 25.7 Å². The van der Waals surface area contributed by atoms with Gasteiger partial charge in [0.2, 0.25) is 5.91 Å². The third-order valence-electron chi connectivity index (χ3n) is 3.96. The normalized spacial score (nSPS) is 23.9. The first-order chi connectivity index (χ1) is 8.58. The minimum absolute atomic E-state index is 0.207. The van der Waals surface area contributed by atoms with Crippen LogP contribution in [0.4, 0.5) is 0 Å². The largest absolute Gasteiger partial charge is 0.342 e. The van der Waals surface area contributed by atoms with Crippen LogP contribution in [0.15, 0.2) is 5.38 Å². The van der Waals surface area contributed by atoms with Crippen LogP contribution >= 0.6 is 11.3 Å². The summed E-state index contributed by atoms with van der Waals surface area (Å²) in [6.45, 7) is 4.24. The molecule has 2 atom stereocenters. The number of thiazole rings is 1. The highest BCUT2D eigenvalue weighted by Crippen LogP contribution is 2.27. The van der Waals surface area contributed by atoms with Gasteiger partial charge in [0.25, 0.3) is 0 Å². The van der Waals surface area contributed by atoms with Crippen molar-refractivity contribution in [2.75, 3.05) is 7.05 Å². The number of hydrogen-bond donors (Lipinski definition) is 0. The summed E-state index contributed by atoms with van der Waals surface area (Å²) < 4.78 is 0. The van der Waals surface area contributed by atoms with E-state index in [9.17, 15) is 4.79 Å². The third kappa shape index (κ3) is 3.10. The van der Waals surface area contributed by atoms with Crippen LogP contribution in [0.25, 0.3) is 0 Å². The van der Waals surface area contributed by atoms with Gasteiger partial charge in [-0.2, -0.15) is 0 Å². The Balaban J connectivity index is 1.95. The summed E-state index contributed by atoms with van der Waals surface area (Å²) in [6, 6.07) is 0.422. The van der Waals surface area contributed by atoms with E-state index in [1.165, 1.54) is 19.3 Å². The second kappa shape index (κ2) is 5.83. The number of aromatic nitrogens is 1. The lowest BCUT2D eigenvalue weighted by Crippen LogP contribution is -2.43. The van der Waals surface area contributed by atoms with Gasteiger partial charge < -0.3 is 4.90 Å². The molecule has 1 aromatic heterocycles. The van der Waals surface area contributed by atoms with Crippen LogP contribution in [0.5, 0.6) is 0 Å². The van der Waals surface area contributed by atoms with Crippen molar-refractivity contribution in [3.8, 4) is 0 Å². The van der Waals surface area contributed by atoms with E-state index in [-0.39, 0.29) is 5.91 Å². The minimum Gasteiger partial charge on any atom is -0.342 e. The summed E-state index contributed by atoms with van der Waals surface area (Å²) in [4.78, 5) is 18.6. The highest BCUT2D eigenvalue weighted by molar-refractivity contribution is 7.09. The fraction of sp³-hybridized carbons (Fsp3) is 0.714. The Kier molecular flexibility index (Phi) is 4.38. The van der Waals surface area contributed by atoms with Crippen molar-refractivity contribution in [2.45, 2.75) is 52.0 Å². The molecule has 1 aliphatic carbocycles. The zero-order chi connectivity index (χ0) is 13.1. The smallest absolute Gasteiger partial charge is 0.228 e. The topological polar surface area (TPSA) is 33.2 Å². The van der Waals surface area contributed by atoms with Crippen LogP contribution in [-0.4, -0.2) is 28.9 Å². The number of carbonyl (C=O) groups excluding carboxylic acids is 1. The standard InChI is InChI=1S/C14H22N2OS/c1-10-6-4-5-7-13(10)16(3)14(17)8-12-9-18-11(2)15-12/h9-10,13H,4-8H2,1-3H3/t10-,13+/m1/s1. The van der Waals surface area contributed by atoms with Gasteiger partial charge in [-0.3, -0.25) is 4.79 Å². The van der Waals surface area contributed by atoms with E-state index < -0.39 is 0 Å². The van der Waals surface area contributed by atoms with E-state index in [2.05, 4.69) is 11.9 Å². The molecule has 0 radical (unpaired) electrons. The lowest BCUT2D eigenvalue weighted by atomic mass is 9.85. The van der Waals surface area contributed by atoms with Gasteiger partial charge in [0.05, 0.1) is 17.1 Å². The zero-order valence-corrected chi connectivity index (χ0v) is 12.3. The van der Waals surface area contributed by atoms with Gasteiger partial charge >= 0.3 is 0 Å². The summed E-state index contributed by atoms with van der Waals surface area (Å²) in [5.41, 5.74) is 0.915. The Morgan fingerprint density at radius 2 is 2.22 bits per heavy atom. The molecule has 0 spiro atoms. The highest BCUT2D eigenvalue weighted by Gasteiger charge is 2.27. The fourth-order valence-corrected chi connectivity index (χ4v) is 3.44. The van der Waals surface area contributed by atoms with Crippen molar-refractivity contribution in [2.24, 2.45) is 5.92 Å². The fourth-order valence-electron chi connectivity index (χ4n) is 2.83. The van der Waals surface area contributed by atoms with Crippen LogP contribution in [0.3, 0.4) is 0 Å². The Morgan fingerprint density at radius 3 is 2.83 bits per heavy atom. The van der Waals surface area contributed by atoms with Crippen molar-refractivity contribution in [3.05, 3.63) is 16.1 Å². The van der Waals surface area contributed by atoms with Crippen molar-refractivity contribution >= 4 is 17.2 Å². The number of rotatable bonds is 3. The number of aryl methyl sites for hydroxylation is 1. The lowest BCUT2D eigenvalue weighted by molar-refractivity contribution is -0.132. The molecular formula is C14H22N2OS. The molecule has 0 bridgehead atoms. The Hall–Kier alpha value is -0.900. The van der Waals surface area contributed by atoms with Crippen molar-refractivity contribution in [3.63, 3.8) is 0 Å². The summed E-state index contributed by atoms with van der Waals surface area (Å²) >= 11 is 1.61. The van der Waals surface area contributed by atoms with Gasteiger partial charge in [0, 0.05) is 18.5 Å². The zero-order valence-electron chi connectivity index (χ0n) is 11.5. The van der Waals surface area contributed by atoms with E-state index >= 15 is 0 Å². The maximum absolute atomic E-state index is 12.3. The molecule has 0 saturated heterocycles. The third-order valence-corrected chi connectivity index (χ3v) is 4.78. The molecule has 1 aromatic rings. The molecule has 1 aliphatic rings. The van der Waals surface area contributed by atoms with E-state index in [4.69, 9.17) is 0 Å². The predicted molar refractivity (Wildman–Crippen MR) is 74.7 cm³/mol. The Labute approximate surface area is 113 Å². The molecule has 0 unspecified atom stereocenters. The molecule has 0 N–H and O–H groups in total. The van der Waals surface area contributed by atoms with Gasteiger partial charge in [-0.25, -0.2) is 4.98 Å². The molecule has 4 heteroatoms. The van der Waals surface area contributed by atoms with Gasteiger partial charge in [-0.15, -0.1) is 11.3 Å². The average molecular weight is 266 g/mol. The van der Waals surface area contributed by atoms with Crippen molar-refractivity contribution in [1.29, 1.82) is 0 Å². The van der Waals surface area contributed by atoms with Crippen LogP contribution < -0.4 is 0 Å². The maximum atomic E-state index is 12.3. The van der Waals surface area contributed by atoms with Crippen molar-refractivity contribution < 1.29 is 4.79 Å². The number of likely N-dealkylation sites (N-methyl/N-ethyl adjacent to an activating group) is 1. The maximum Gasteiger partial charge on any atom is 0.228 e. The molecule has 18 heavy (non-hydrogen) atoms. The average Bonchev–Trinajstić information content (AvgIpc) is 2.74. The van der Waals surface area contributed by atoms with Gasteiger partial charge in [-0.1, -0.05) is 19.8 Å². The lowest BCUT2D eigenvalue weighted by Gasteiger charge is -2.36. The number of carbonyl (C=O) groups is 1. The summed E-state index contributed by atoms with van der Waals surface area (Å²) in [7, 11) is 1.95. The molecule has 3 nitrogen and oxygen atoms in total. The molecule has 1 fully saturated rings. The first kappa shape index (κ1) is 13.5. The molecular weight excluding hydrogens is 244 g/mol. The van der Waals surface area contributed by atoms with E-state index in [0.717, 1.165) is 17.1 Å². The monoisotopic (exact) mass is 266 g/mol. The van der Waals surface area contributed by atoms with Gasteiger partial charge in [0.1, 0.15) is 0 Å². The number of hydrogen-bond acceptors (Lipinski definition) is 3. The van der Waals surface area contributed by atoms with Crippen LogP contribution in [0.2, 0.25) is 0 Å². The number of nitrogens with zero attached hydrogens (tertiary/aromatic N) is 2. The number of amides is 1. The molecule has 1 amide bonds. The summed E-state index contributed by atoms with van der Waals surface area (Å²) in [5, 5.41) is 3.03. The molecule has 0 aliphatic heterocycles. The van der Waals surface area contributed by atoms with E-state index in [0.29, 0.717) is 18.4 Å². The van der Waals surface area contributed by atoms with Crippen LogP contribution in [-0.2, 0) is 11.2 Å². The molecule has 100 valence electrons. The second-order valence-electron chi connectivity index (χ2n) is 5.37. The highest BCUT2D eigenvalue weighted by atomic mass is 32.1. The molecule has 1 heterocycles.